The van der Waals surface area contributed by atoms with E-state index in [1.54, 1.807) is 6.20 Å². The van der Waals surface area contributed by atoms with Gasteiger partial charge in [0.1, 0.15) is 0 Å². The van der Waals surface area contributed by atoms with Crippen LogP contribution in [0.15, 0.2) is 65.3 Å². The van der Waals surface area contributed by atoms with Gasteiger partial charge in [-0.25, -0.2) is 0 Å². The Morgan fingerprint density at radius 1 is 1.07 bits per heavy atom. The number of carbonyl (C=O) groups is 1. The number of H-pyrrole nitrogens is 1. The summed E-state index contributed by atoms with van der Waals surface area (Å²) in [5.74, 6) is 1.27. The van der Waals surface area contributed by atoms with E-state index in [-0.39, 0.29) is 5.91 Å². The van der Waals surface area contributed by atoms with Crippen LogP contribution in [-0.2, 0) is 17.6 Å². The highest BCUT2D eigenvalue weighted by molar-refractivity contribution is 5.90. The summed E-state index contributed by atoms with van der Waals surface area (Å²) in [5, 5.41) is 20.6. The molecule has 8 nitrogen and oxygen atoms in total. The monoisotopic (exact) mass is 374 g/mol. The van der Waals surface area contributed by atoms with Crippen molar-refractivity contribution in [2.24, 2.45) is 0 Å². The van der Waals surface area contributed by atoms with E-state index in [4.69, 9.17) is 4.52 Å². The van der Waals surface area contributed by atoms with Crippen LogP contribution in [-0.4, -0.2) is 31.7 Å². The molecule has 0 aliphatic carbocycles. The molecule has 0 radical (unpaired) electrons. The van der Waals surface area contributed by atoms with Crippen molar-refractivity contribution in [1.82, 2.24) is 25.8 Å². The van der Waals surface area contributed by atoms with Gasteiger partial charge in [-0.3, -0.25) is 4.79 Å². The summed E-state index contributed by atoms with van der Waals surface area (Å²) >= 11 is 0. The summed E-state index contributed by atoms with van der Waals surface area (Å²) < 4.78 is 5.36. The lowest BCUT2D eigenvalue weighted by Gasteiger charge is -2.06. The Labute approximate surface area is 161 Å². The summed E-state index contributed by atoms with van der Waals surface area (Å²) in [7, 11) is 0. The number of hydrogen-bond donors (Lipinski definition) is 2. The van der Waals surface area contributed by atoms with E-state index in [9.17, 15) is 4.79 Å². The number of nitrogens with one attached hydrogen (secondary N) is 2. The summed E-state index contributed by atoms with van der Waals surface area (Å²) in [6.45, 7) is 0. The second kappa shape index (κ2) is 8.26. The Kier molecular flexibility index (Phi) is 5.19. The Balaban J connectivity index is 1.32. The van der Waals surface area contributed by atoms with Crippen LogP contribution in [0, 0.1) is 0 Å². The van der Waals surface area contributed by atoms with Crippen molar-refractivity contribution >= 4 is 11.6 Å². The Morgan fingerprint density at radius 3 is 2.64 bits per heavy atom. The first-order chi connectivity index (χ1) is 13.8. The minimum absolute atomic E-state index is 0.0638. The van der Waals surface area contributed by atoms with E-state index in [0.29, 0.717) is 30.8 Å². The first-order valence-corrected chi connectivity index (χ1v) is 8.88. The average Bonchev–Trinajstić information content (AvgIpc) is 3.40. The van der Waals surface area contributed by atoms with E-state index < -0.39 is 0 Å². The molecule has 2 aromatic heterocycles. The van der Waals surface area contributed by atoms with Crippen LogP contribution in [0.2, 0.25) is 0 Å². The fourth-order valence-corrected chi connectivity index (χ4v) is 2.88. The predicted octanol–water partition coefficient (Wildman–Crippen LogP) is 3.02. The lowest BCUT2D eigenvalue weighted by molar-refractivity contribution is -0.116. The van der Waals surface area contributed by atoms with Gasteiger partial charge in [-0.2, -0.15) is 5.21 Å². The third-order valence-electron chi connectivity index (χ3n) is 4.29. The molecule has 140 valence electrons. The Hall–Kier alpha value is -3.81. The first-order valence-electron chi connectivity index (χ1n) is 8.88. The highest BCUT2D eigenvalue weighted by atomic mass is 16.5. The van der Waals surface area contributed by atoms with Crippen LogP contribution in [0.1, 0.15) is 23.4 Å². The maximum atomic E-state index is 12.3. The van der Waals surface area contributed by atoms with Crippen molar-refractivity contribution in [3.8, 4) is 11.3 Å². The topological polar surface area (TPSA) is 110 Å². The molecule has 2 aromatic carbocycles. The van der Waals surface area contributed by atoms with Crippen molar-refractivity contribution in [2.75, 3.05) is 5.32 Å². The van der Waals surface area contributed by atoms with E-state index in [2.05, 4.69) is 31.1 Å². The molecule has 0 fully saturated rings. The van der Waals surface area contributed by atoms with E-state index >= 15 is 0 Å². The molecule has 0 aliphatic rings. The van der Waals surface area contributed by atoms with Crippen LogP contribution < -0.4 is 5.32 Å². The third kappa shape index (κ3) is 4.29. The molecule has 0 unspecified atom stereocenters. The number of aryl methyl sites for hydroxylation is 1. The Bertz CT molecular complexity index is 1030. The van der Waals surface area contributed by atoms with Gasteiger partial charge >= 0.3 is 0 Å². The quantitative estimate of drug-likeness (QED) is 0.515. The number of carbonyl (C=O) groups excluding carboxylic acids is 1. The standard InChI is InChI=1S/C20H18N6O2/c27-19(11-8-16-13-21-28-20(16)15-4-2-1-3-5-15)22-17-9-6-14(7-10-17)12-18-23-25-26-24-18/h1-7,9-10,13H,8,11-12H2,(H,22,27)(H,23,24,25,26). The van der Waals surface area contributed by atoms with E-state index in [0.717, 1.165) is 22.4 Å². The van der Waals surface area contributed by atoms with Gasteiger partial charge < -0.3 is 9.84 Å². The average molecular weight is 374 g/mol. The van der Waals surface area contributed by atoms with Crippen LogP contribution in [0.5, 0.6) is 0 Å². The third-order valence-corrected chi connectivity index (χ3v) is 4.29. The normalized spacial score (nSPS) is 10.7. The smallest absolute Gasteiger partial charge is 0.224 e. The second-order valence-corrected chi connectivity index (χ2v) is 6.30. The summed E-state index contributed by atoms with van der Waals surface area (Å²) in [5.41, 5.74) is 3.65. The zero-order valence-corrected chi connectivity index (χ0v) is 15.0. The number of hydrogen-bond acceptors (Lipinski definition) is 6. The molecular formula is C20H18N6O2. The van der Waals surface area contributed by atoms with Gasteiger partial charge in [-0.15, -0.1) is 10.2 Å². The first kappa shape index (κ1) is 17.6. The number of tetrazole rings is 1. The molecule has 1 amide bonds. The lowest BCUT2D eigenvalue weighted by Crippen LogP contribution is -2.12. The summed E-state index contributed by atoms with van der Waals surface area (Å²) in [6, 6.07) is 17.3. The highest BCUT2D eigenvalue weighted by Crippen LogP contribution is 2.24. The number of nitrogens with zero attached hydrogens (tertiary/aromatic N) is 4. The van der Waals surface area contributed by atoms with E-state index in [1.165, 1.54) is 0 Å². The van der Waals surface area contributed by atoms with Gasteiger partial charge in [0.05, 0.1) is 6.20 Å². The fourth-order valence-electron chi connectivity index (χ4n) is 2.88. The molecule has 0 spiro atoms. The minimum atomic E-state index is -0.0638. The number of amides is 1. The molecule has 8 heteroatoms. The van der Waals surface area contributed by atoms with Gasteiger partial charge in [0, 0.05) is 29.7 Å². The summed E-state index contributed by atoms with van der Waals surface area (Å²) in [4.78, 5) is 12.3. The van der Waals surface area contributed by atoms with Gasteiger partial charge in [0.25, 0.3) is 0 Å². The van der Waals surface area contributed by atoms with Crippen molar-refractivity contribution in [1.29, 1.82) is 0 Å². The zero-order chi connectivity index (χ0) is 19.2. The predicted molar refractivity (Wildman–Crippen MR) is 102 cm³/mol. The van der Waals surface area contributed by atoms with Gasteiger partial charge in [-0.05, 0) is 24.1 Å². The molecule has 2 heterocycles. The number of aromatic nitrogens is 5. The minimum Gasteiger partial charge on any atom is -0.356 e. The largest absolute Gasteiger partial charge is 0.356 e. The van der Waals surface area contributed by atoms with Crippen molar-refractivity contribution in [2.45, 2.75) is 19.3 Å². The van der Waals surface area contributed by atoms with Crippen LogP contribution >= 0.6 is 0 Å². The zero-order valence-electron chi connectivity index (χ0n) is 15.0. The SMILES string of the molecule is O=C(CCc1cnoc1-c1ccccc1)Nc1ccc(Cc2nn[nH]n2)cc1. The van der Waals surface area contributed by atoms with E-state index in [1.807, 2.05) is 54.6 Å². The molecule has 0 saturated carbocycles. The molecule has 2 N–H and O–H groups in total. The lowest BCUT2D eigenvalue weighted by atomic mass is 10.1. The molecule has 0 saturated heterocycles. The van der Waals surface area contributed by atoms with Crippen LogP contribution in [0.4, 0.5) is 5.69 Å². The molecule has 0 atom stereocenters. The number of benzene rings is 2. The van der Waals surface area contributed by atoms with Crippen molar-refractivity contribution in [3.63, 3.8) is 0 Å². The molecule has 4 rings (SSSR count). The summed E-state index contributed by atoms with van der Waals surface area (Å²) in [6.07, 6.45) is 3.14. The Morgan fingerprint density at radius 2 is 1.89 bits per heavy atom. The molecule has 0 bridgehead atoms. The van der Waals surface area contributed by atoms with Crippen LogP contribution in [0.25, 0.3) is 11.3 Å². The second-order valence-electron chi connectivity index (χ2n) is 6.30. The van der Waals surface area contributed by atoms with Crippen molar-refractivity contribution in [3.05, 3.63) is 77.7 Å². The fraction of sp³-hybridized carbons (Fsp3) is 0.150. The maximum Gasteiger partial charge on any atom is 0.224 e. The van der Waals surface area contributed by atoms with Gasteiger partial charge in [0.2, 0.25) is 5.91 Å². The molecule has 28 heavy (non-hydrogen) atoms. The van der Waals surface area contributed by atoms with Gasteiger partial charge in [-0.1, -0.05) is 52.8 Å². The van der Waals surface area contributed by atoms with Crippen molar-refractivity contribution < 1.29 is 9.32 Å². The molecule has 4 aromatic rings. The van der Waals surface area contributed by atoms with Gasteiger partial charge in [0.15, 0.2) is 11.6 Å². The number of rotatable bonds is 7. The molecular weight excluding hydrogens is 356 g/mol. The highest BCUT2D eigenvalue weighted by Gasteiger charge is 2.12. The number of aromatic amines is 1. The van der Waals surface area contributed by atoms with Crippen LogP contribution in [0.3, 0.4) is 0 Å². The molecule has 0 aliphatic heterocycles. The maximum absolute atomic E-state index is 12.3. The number of anilines is 1.